The molecule has 0 saturated heterocycles. The zero-order chi connectivity index (χ0) is 54.8. The highest BCUT2D eigenvalue weighted by molar-refractivity contribution is 5.71. The summed E-state index contributed by atoms with van der Waals surface area (Å²) in [6.07, 6.45) is 70.2. The van der Waals surface area contributed by atoms with E-state index in [9.17, 15) is 19.5 Å². The molecule has 0 aliphatic carbocycles. The Morgan fingerprint density at radius 2 is 0.720 bits per heavy atom. The van der Waals surface area contributed by atoms with Crippen LogP contribution in [0.3, 0.4) is 0 Å². The molecule has 1 N–H and O–H groups in total. The van der Waals surface area contributed by atoms with Gasteiger partial charge in [0, 0.05) is 12.8 Å². The van der Waals surface area contributed by atoms with Gasteiger partial charge >= 0.3 is 17.9 Å². The van der Waals surface area contributed by atoms with Gasteiger partial charge in [-0.2, -0.15) is 0 Å². The van der Waals surface area contributed by atoms with E-state index in [1.54, 1.807) is 0 Å². The van der Waals surface area contributed by atoms with E-state index in [1.165, 1.54) is 186 Å². The van der Waals surface area contributed by atoms with Gasteiger partial charge in [0.2, 0.25) is 0 Å². The monoisotopic (exact) mass is 1050 g/mol. The Balaban J connectivity index is 4.20. The Labute approximate surface area is 463 Å². The van der Waals surface area contributed by atoms with Crippen molar-refractivity contribution in [2.24, 2.45) is 0 Å². The van der Waals surface area contributed by atoms with Gasteiger partial charge < -0.3 is 28.5 Å². The fourth-order valence-corrected chi connectivity index (χ4v) is 8.88. The number of aliphatic carboxylic acids is 1. The summed E-state index contributed by atoms with van der Waals surface area (Å²) >= 11 is 0. The van der Waals surface area contributed by atoms with E-state index < -0.39 is 24.3 Å². The van der Waals surface area contributed by atoms with Crippen molar-refractivity contribution in [1.82, 2.24) is 0 Å². The number of carboxylic acids is 1. The zero-order valence-corrected chi connectivity index (χ0v) is 49.7. The van der Waals surface area contributed by atoms with Crippen LogP contribution in [0.2, 0.25) is 0 Å². The number of allylic oxidation sites excluding steroid dienone is 10. The molecule has 0 saturated carbocycles. The van der Waals surface area contributed by atoms with Crippen LogP contribution in [-0.2, 0) is 33.3 Å². The molecule has 0 spiro atoms. The Kier molecular flexibility index (Phi) is 54.9. The highest BCUT2D eigenvalue weighted by Crippen LogP contribution is 2.16. The van der Waals surface area contributed by atoms with Crippen molar-refractivity contribution in [2.45, 2.75) is 296 Å². The van der Waals surface area contributed by atoms with Crippen molar-refractivity contribution in [3.63, 3.8) is 0 Å². The summed E-state index contributed by atoms with van der Waals surface area (Å²) in [7, 11) is 5.97. The van der Waals surface area contributed by atoms with Gasteiger partial charge in [0.25, 0.3) is 6.29 Å². The van der Waals surface area contributed by atoms with Crippen LogP contribution in [-0.4, -0.2) is 87.4 Å². The highest BCUT2D eigenvalue weighted by atomic mass is 16.7. The standard InChI is InChI=1S/C66H119NO8/c1-6-8-10-12-14-16-18-20-22-24-26-28-30-31-32-33-35-36-38-40-42-44-46-48-50-52-54-56-63(68)73-60-62(61-74-66(65(70)71)72-59-58-67(3,4)5)75-64(69)57-55-53-51-49-47-45-43-41-39-37-34-29-27-25-23-21-19-17-15-13-11-9-7-2/h18-21,24-27,34,37,62,66H,6-17,22-23,28-33,35-36,38-61H2,1-5H3/p+1/b20-18-,21-19-,26-24-,27-25-,37-34-. The molecule has 0 bridgehead atoms. The van der Waals surface area contributed by atoms with E-state index in [4.69, 9.17) is 18.9 Å². The quantitative estimate of drug-likeness (QED) is 0.0211. The fourth-order valence-electron chi connectivity index (χ4n) is 8.88. The molecule has 0 heterocycles. The van der Waals surface area contributed by atoms with Gasteiger partial charge in [0.15, 0.2) is 6.10 Å². The molecule has 0 aromatic heterocycles. The summed E-state index contributed by atoms with van der Waals surface area (Å²) < 4.78 is 22.9. The number of carbonyl (C=O) groups is 3. The lowest BCUT2D eigenvalue weighted by molar-refractivity contribution is -0.870. The van der Waals surface area contributed by atoms with Crippen molar-refractivity contribution >= 4 is 17.9 Å². The minimum Gasteiger partial charge on any atom is -0.477 e. The maximum absolute atomic E-state index is 12.9. The molecule has 9 heteroatoms. The normalized spacial score (nSPS) is 13.1. The van der Waals surface area contributed by atoms with E-state index in [0.29, 0.717) is 23.9 Å². The molecule has 0 fully saturated rings. The number of likely N-dealkylation sites (N-methyl/N-ethyl adjacent to an activating group) is 1. The first-order valence-electron chi connectivity index (χ1n) is 31.5. The molecular weight excluding hydrogens is 935 g/mol. The third-order valence-corrected chi connectivity index (χ3v) is 13.7. The van der Waals surface area contributed by atoms with E-state index in [2.05, 4.69) is 74.6 Å². The summed E-state index contributed by atoms with van der Waals surface area (Å²) in [6, 6.07) is 0. The van der Waals surface area contributed by atoms with Gasteiger partial charge in [-0.3, -0.25) is 9.59 Å². The molecule has 436 valence electrons. The summed E-state index contributed by atoms with van der Waals surface area (Å²) in [6.45, 7) is 4.88. The van der Waals surface area contributed by atoms with Gasteiger partial charge in [-0.25, -0.2) is 4.79 Å². The second-order valence-electron chi connectivity index (χ2n) is 22.4. The third kappa shape index (κ3) is 58.5. The minimum atomic E-state index is -1.51. The van der Waals surface area contributed by atoms with E-state index in [-0.39, 0.29) is 32.2 Å². The van der Waals surface area contributed by atoms with E-state index in [0.717, 1.165) is 64.2 Å². The van der Waals surface area contributed by atoms with Crippen LogP contribution >= 0.6 is 0 Å². The number of esters is 2. The average molecular weight is 1060 g/mol. The van der Waals surface area contributed by atoms with Crippen molar-refractivity contribution in [3.8, 4) is 0 Å². The van der Waals surface area contributed by atoms with Crippen LogP contribution < -0.4 is 0 Å². The van der Waals surface area contributed by atoms with Gasteiger partial charge in [-0.1, -0.05) is 248 Å². The first-order valence-corrected chi connectivity index (χ1v) is 31.5. The summed E-state index contributed by atoms with van der Waals surface area (Å²) in [5.41, 5.74) is 0. The lowest BCUT2D eigenvalue weighted by atomic mass is 10.0. The van der Waals surface area contributed by atoms with Crippen molar-refractivity contribution in [3.05, 3.63) is 60.8 Å². The van der Waals surface area contributed by atoms with E-state index in [1.807, 2.05) is 21.1 Å². The molecule has 2 atom stereocenters. The van der Waals surface area contributed by atoms with Crippen molar-refractivity contribution in [2.75, 3.05) is 47.5 Å². The lowest BCUT2D eigenvalue weighted by Gasteiger charge is -2.25. The maximum Gasteiger partial charge on any atom is 0.361 e. The highest BCUT2D eigenvalue weighted by Gasteiger charge is 2.25. The number of unbranched alkanes of at least 4 members (excludes halogenated alkanes) is 33. The predicted octanol–water partition coefficient (Wildman–Crippen LogP) is 18.8. The number of nitrogens with zero attached hydrogens (tertiary/aromatic N) is 1. The van der Waals surface area contributed by atoms with E-state index >= 15 is 0 Å². The second kappa shape index (κ2) is 57.2. The topological polar surface area (TPSA) is 108 Å². The SMILES string of the molecule is CCCCCCC/C=C\C/C=C\C/C=C\CCCCCCCCCCC(=O)OC(COC(=O)CCCCCCCCCCCCCCCCC/C=C\C/C=C\CCCCCCC)COC(OCC[N+](C)(C)C)C(=O)O. The molecule has 0 aliphatic heterocycles. The molecule has 0 aromatic carbocycles. The first kappa shape index (κ1) is 72.0. The van der Waals surface area contributed by atoms with Crippen LogP contribution in [0.5, 0.6) is 0 Å². The maximum atomic E-state index is 12.9. The zero-order valence-electron chi connectivity index (χ0n) is 49.7. The smallest absolute Gasteiger partial charge is 0.361 e. The predicted molar refractivity (Wildman–Crippen MR) is 318 cm³/mol. The van der Waals surface area contributed by atoms with Gasteiger partial charge in [0.1, 0.15) is 13.2 Å². The van der Waals surface area contributed by atoms with Gasteiger partial charge in [0.05, 0.1) is 34.4 Å². The molecule has 2 unspecified atom stereocenters. The Hall–Kier alpha value is -3.01. The minimum absolute atomic E-state index is 0.185. The van der Waals surface area contributed by atoms with Crippen LogP contribution in [0.1, 0.15) is 284 Å². The molecule has 0 radical (unpaired) electrons. The fraction of sp³-hybridized carbons (Fsp3) is 0.803. The molecule has 9 nitrogen and oxygen atoms in total. The number of ether oxygens (including phenoxy) is 4. The summed E-state index contributed by atoms with van der Waals surface area (Å²) in [5.74, 6) is -2.01. The van der Waals surface area contributed by atoms with Gasteiger partial charge in [-0.15, -0.1) is 0 Å². The largest absolute Gasteiger partial charge is 0.477 e. The average Bonchev–Trinajstić information content (AvgIpc) is 3.38. The Morgan fingerprint density at radius 3 is 1.07 bits per heavy atom. The molecule has 75 heavy (non-hydrogen) atoms. The number of carbonyl (C=O) groups excluding carboxylic acids is 2. The molecule has 0 aliphatic rings. The Bertz CT molecular complexity index is 1410. The number of rotatable bonds is 58. The van der Waals surface area contributed by atoms with Crippen LogP contribution in [0.4, 0.5) is 0 Å². The van der Waals surface area contributed by atoms with Crippen molar-refractivity contribution in [1.29, 1.82) is 0 Å². The molecule has 0 amide bonds. The van der Waals surface area contributed by atoms with Crippen LogP contribution in [0.15, 0.2) is 60.8 Å². The second-order valence-corrected chi connectivity index (χ2v) is 22.4. The summed E-state index contributed by atoms with van der Waals surface area (Å²) in [4.78, 5) is 37.5. The molecular formula is C66H120NO8+. The first-order chi connectivity index (χ1) is 36.6. The summed E-state index contributed by atoms with van der Waals surface area (Å²) in [5, 5.41) is 9.72. The van der Waals surface area contributed by atoms with Crippen molar-refractivity contribution < 1.29 is 42.9 Å². The molecule has 0 rings (SSSR count). The third-order valence-electron chi connectivity index (χ3n) is 13.7. The molecule has 0 aromatic rings. The Morgan fingerprint density at radius 1 is 0.400 bits per heavy atom. The number of hydrogen-bond acceptors (Lipinski definition) is 7. The van der Waals surface area contributed by atoms with Gasteiger partial charge in [-0.05, 0) is 83.5 Å². The lowest BCUT2D eigenvalue weighted by Crippen LogP contribution is -2.40. The number of carboxylic acid groups (broad SMARTS) is 1. The van der Waals surface area contributed by atoms with Crippen LogP contribution in [0.25, 0.3) is 0 Å². The number of quaternary nitrogens is 1. The number of hydrogen-bond donors (Lipinski definition) is 1. The van der Waals surface area contributed by atoms with Crippen LogP contribution in [0, 0.1) is 0 Å².